The fraction of sp³-hybridized carbons (Fsp3) is 0.267. The molecule has 1 saturated heterocycles. The number of hydrogen-bond donors (Lipinski definition) is 1. The predicted octanol–water partition coefficient (Wildman–Crippen LogP) is 1.90. The normalized spacial score (nSPS) is 15.2. The fourth-order valence-corrected chi connectivity index (χ4v) is 2.11. The van der Waals surface area contributed by atoms with Crippen molar-refractivity contribution in [2.24, 2.45) is 5.10 Å². The Kier molecular flexibility index (Phi) is 4.55. The van der Waals surface area contributed by atoms with E-state index in [2.05, 4.69) is 20.5 Å². The Hall–Kier alpha value is -2.54. The number of nitrogens with one attached hydrogen (secondary N) is 1. The summed E-state index contributed by atoms with van der Waals surface area (Å²) in [4.78, 5) is 9.92. The average Bonchev–Trinajstić information content (AvgIpc) is 2.58. The number of benzene rings is 1. The molecule has 1 aromatic carbocycles. The minimum Gasteiger partial charge on any atom is -0.378 e. The fourth-order valence-electron chi connectivity index (χ4n) is 2.11. The molecule has 1 N–H and O–H groups in total. The molecular formula is C15H16FN5O. The van der Waals surface area contributed by atoms with Gasteiger partial charge in [0.25, 0.3) is 0 Å². The molecule has 0 spiro atoms. The van der Waals surface area contributed by atoms with Crippen LogP contribution in [-0.2, 0) is 4.74 Å². The van der Waals surface area contributed by atoms with E-state index in [4.69, 9.17) is 4.74 Å². The van der Waals surface area contributed by atoms with Crippen molar-refractivity contribution in [2.45, 2.75) is 0 Å². The van der Waals surface area contributed by atoms with Crippen molar-refractivity contribution in [3.8, 4) is 0 Å². The van der Waals surface area contributed by atoms with Crippen molar-refractivity contribution in [1.29, 1.82) is 0 Å². The molecule has 0 saturated carbocycles. The highest BCUT2D eigenvalue weighted by Crippen LogP contribution is 2.18. The lowest BCUT2D eigenvalue weighted by Gasteiger charge is -2.27. The molecule has 114 valence electrons. The molecule has 0 amide bonds. The Labute approximate surface area is 127 Å². The zero-order valence-electron chi connectivity index (χ0n) is 11.9. The zero-order valence-corrected chi connectivity index (χ0v) is 11.9. The minimum atomic E-state index is -0.445. The number of halogens is 1. The summed E-state index contributed by atoms with van der Waals surface area (Å²) in [6, 6.07) is 9.63. The Morgan fingerprint density at radius 2 is 2.00 bits per heavy atom. The molecule has 0 bridgehead atoms. The van der Waals surface area contributed by atoms with E-state index in [1.54, 1.807) is 6.21 Å². The largest absolute Gasteiger partial charge is 0.378 e. The number of aromatic nitrogens is 2. The topological polar surface area (TPSA) is 62.6 Å². The van der Waals surface area contributed by atoms with Crippen molar-refractivity contribution in [3.05, 3.63) is 47.9 Å². The number of nitrogens with zero attached hydrogens (tertiary/aromatic N) is 4. The van der Waals surface area contributed by atoms with Crippen molar-refractivity contribution < 1.29 is 9.13 Å². The van der Waals surface area contributed by atoms with Crippen molar-refractivity contribution in [1.82, 2.24) is 9.97 Å². The van der Waals surface area contributed by atoms with E-state index in [-0.39, 0.29) is 11.8 Å². The van der Waals surface area contributed by atoms with E-state index >= 15 is 0 Å². The van der Waals surface area contributed by atoms with E-state index in [9.17, 15) is 4.39 Å². The molecule has 2 aromatic rings. The van der Waals surface area contributed by atoms with Gasteiger partial charge in [-0.05, 0) is 5.56 Å². The highest BCUT2D eigenvalue weighted by atomic mass is 19.1. The molecule has 0 radical (unpaired) electrons. The second-order valence-corrected chi connectivity index (χ2v) is 4.75. The van der Waals surface area contributed by atoms with Crippen LogP contribution in [-0.4, -0.2) is 42.5 Å². The van der Waals surface area contributed by atoms with E-state index in [1.165, 1.54) is 0 Å². The van der Waals surface area contributed by atoms with Crippen molar-refractivity contribution >= 4 is 18.0 Å². The van der Waals surface area contributed by atoms with Gasteiger partial charge in [0.1, 0.15) is 0 Å². The number of anilines is 2. The van der Waals surface area contributed by atoms with Gasteiger partial charge < -0.3 is 9.64 Å². The van der Waals surface area contributed by atoms with Crippen LogP contribution in [0.4, 0.5) is 16.2 Å². The smallest absolute Gasteiger partial charge is 0.245 e. The molecule has 0 unspecified atom stereocenters. The summed E-state index contributed by atoms with van der Waals surface area (Å²) in [6.45, 7) is 2.36. The highest BCUT2D eigenvalue weighted by Gasteiger charge is 2.17. The van der Waals surface area contributed by atoms with E-state index in [0.29, 0.717) is 26.3 Å². The van der Waals surface area contributed by atoms with Gasteiger partial charge in [-0.15, -0.1) is 0 Å². The van der Waals surface area contributed by atoms with Gasteiger partial charge in [0.15, 0.2) is 11.6 Å². The summed E-state index contributed by atoms with van der Waals surface area (Å²) in [6.07, 6.45) is 2.80. The first kappa shape index (κ1) is 14.4. The number of ether oxygens (including phenoxy) is 1. The summed E-state index contributed by atoms with van der Waals surface area (Å²) < 4.78 is 19.1. The van der Waals surface area contributed by atoms with Gasteiger partial charge in [-0.25, -0.2) is 14.8 Å². The predicted molar refractivity (Wildman–Crippen MR) is 82.7 cm³/mol. The maximum absolute atomic E-state index is 13.9. The Balaban J connectivity index is 1.70. The first-order valence-electron chi connectivity index (χ1n) is 7.02. The Morgan fingerprint density at radius 1 is 1.23 bits per heavy atom. The molecule has 1 fully saturated rings. The second-order valence-electron chi connectivity index (χ2n) is 4.75. The minimum absolute atomic E-state index is 0.259. The molecule has 1 aromatic heterocycles. The lowest BCUT2D eigenvalue weighted by molar-refractivity contribution is 0.122. The summed E-state index contributed by atoms with van der Waals surface area (Å²) in [5.41, 5.74) is 3.67. The molecule has 22 heavy (non-hydrogen) atoms. The van der Waals surface area contributed by atoms with Crippen LogP contribution >= 0.6 is 0 Å². The Bertz CT molecular complexity index is 644. The monoisotopic (exact) mass is 301 g/mol. The summed E-state index contributed by atoms with van der Waals surface area (Å²) >= 11 is 0. The first-order valence-corrected chi connectivity index (χ1v) is 7.02. The molecule has 6 nitrogen and oxygen atoms in total. The van der Waals surface area contributed by atoms with Crippen LogP contribution in [0, 0.1) is 5.82 Å². The lowest BCUT2D eigenvalue weighted by Crippen LogP contribution is -2.37. The molecule has 7 heteroatoms. The molecule has 0 aliphatic carbocycles. The van der Waals surface area contributed by atoms with Crippen LogP contribution < -0.4 is 10.3 Å². The first-order chi connectivity index (χ1) is 10.8. The maximum atomic E-state index is 13.9. The molecule has 1 aliphatic rings. The quantitative estimate of drug-likeness (QED) is 0.690. The molecule has 2 heterocycles. The summed E-state index contributed by atoms with van der Waals surface area (Å²) in [5.74, 6) is 0.0882. The lowest BCUT2D eigenvalue weighted by atomic mass is 10.2. The molecule has 0 atom stereocenters. The van der Waals surface area contributed by atoms with Gasteiger partial charge in [0.05, 0.1) is 25.6 Å². The van der Waals surface area contributed by atoms with Crippen molar-refractivity contribution in [3.63, 3.8) is 0 Å². The van der Waals surface area contributed by atoms with E-state index < -0.39 is 5.82 Å². The van der Waals surface area contributed by atoms with Crippen LogP contribution in [0.3, 0.4) is 0 Å². The molecule has 3 rings (SSSR count). The van der Waals surface area contributed by atoms with Gasteiger partial charge in [-0.1, -0.05) is 30.3 Å². The molecule has 1 aliphatic heterocycles. The zero-order chi connectivity index (χ0) is 15.2. The van der Waals surface area contributed by atoms with Gasteiger partial charge in [0.2, 0.25) is 5.95 Å². The van der Waals surface area contributed by atoms with E-state index in [1.807, 2.05) is 35.2 Å². The highest BCUT2D eigenvalue weighted by molar-refractivity contribution is 5.79. The van der Waals surface area contributed by atoms with Crippen LogP contribution in [0.2, 0.25) is 0 Å². The van der Waals surface area contributed by atoms with Gasteiger partial charge >= 0.3 is 0 Å². The maximum Gasteiger partial charge on any atom is 0.245 e. The number of hydrazone groups is 1. The van der Waals surface area contributed by atoms with Crippen LogP contribution in [0.25, 0.3) is 0 Å². The third-order valence-electron chi connectivity index (χ3n) is 3.21. The number of hydrogen-bond acceptors (Lipinski definition) is 6. The SMILES string of the molecule is Fc1cnc(N/N=C\c2ccccc2)nc1N1CCOCC1. The van der Waals surface area contributed by atoms with Crippen molar-refractivity contribution in [2.75, 3.05) is 36.6 Å². The van der Waals surface area contributed by atoms with Gasteiger partial charge in [-0.2, -0.15) is 10.1 Å². The standard InChI is InChI=1S/C15H16FN5O/c16-13-11-17-15(19-14(13)21-6-8-22-9-7-21)20-18-10-12-4-2-1-3-5-12/h1-5,10-11H,6-9H2,(H,17,19,20)/b18-10-. The number of morpholine rings is 1. The third-order valence-corrected chi connectivity index (χ3v) is 3.21. The second kappa shape index (κ2) is 6.95. The molecular weight excluding hydrogens is 285 g/mol. The van der Waals surface area contributed by atoms with Crippen LogP contribution in [0.5, 0.6) is 0 Å². The number of rotatable bonds is 4. The average molecular weight is 301 g/mol. The van der Waals surface area contributed by atoms with Gasteiger partial charge in [-0.3, -0.25) is 0 Å². The summed E-state index contributed by atoms with van der Waals surface area (Å²) in [7, 11) is 0. The van der Waals surface area contributed by atoms with E-state index in [0.717, 1.165) is 11.8 Å². The third kappa shape index (κ3) is 3.56. The van der Waals surface area contributed by atoms with Crippen LogP contribution in [0.15, 0.2) is 41.6 Å². The van der Waals surface area contributed by atoms with Gasteiger partial charge in [0, 0.05) is 13.1 Å². The Morgan fingerprint density at radius 3 is 2.77 bits per heavy atom. The summed E-state index contributed by atoms with van der Waals surface area (Å²) in [5, 5.41) is 4.06. The van der Waals surface area contributed by atoms with Crippen LogP contribution in [0.1, 0.15) is 5.56 Å².